The molecular weight excluding hydrogens is 120 g/mol. The molecule has 0 aromatic rings. The summed E-state index contributed by atoms with van der Waals surface area (Å²) in [6.45, 7) is 6.88. The summed E-state index contributed by atoms with van der Waals surface area (Å²) in [6.07, 6.45) is 5.42. The first kappa shape index (κ1) is 7.84. The average Bonchev–Trinajstić information content (AvgIpc) is 1.82. The predicted octanol–water partition coefficient (Wildman–Crippen LogP) is 3.53. The Labute approximate surface area is 64.3 Å². The van der Waals surface area contributed by atoms with Crippen molar-refractivity contribution >= 4 is 0 Å². The molecule has 0 heteroatoms. The summed E-state index contributed by atoms with van der Waals surface area (Å²) in [5.41, 5.74) is 3.51. The van der Waals surface area contributed by atoms with E-state index in [1.807, 2.05) is 0 Å². The number of hydrogen-bond acceptors (Lipinski definition) is 0. The van der Waals surface area contributed by atoms with E-state index in [0.717, 1.165) is 5.92 Å². The maximum Gasteiger partial charge on any atom is -0.0280 e. The van der Waals surface area contributed by atoms with Gasteiger partial charge in [-0.3, -0.25) is 0 Å². The summed E-state index contributed by atoms with van der Waals surface area (Å²) >= 11 is 0. The Morgan fingerprint density at radius 2 is 1.80 bits per heavy atom. The second-order valence-electron chi connectivity index (χ2n) is 3.66. The number of allylic oxidation sites excluding steroid dienone is 2. The zero-order valence-corrected chi connectivity index (χ0v) is 7.41. The second-order valence-corrected chi connectivity index (χ2v) is 3.66. The first-order chi connectivity index (χ1) is 4.74. The van der Waals surface area contributed by atoms with Crippen molar-refractivity contribution in [2.24, 2.45) is 5.92 Å². The first-order valence-electron chi connectivity index (χ1n) is 4.43. The van der Waals surface area contributed by atoms with Gasteiger partial charge in [-0.05, 0) is 31.6 Å². The van der Waals surface area contributed by atoms with Gasteiger partial charge >= 0.3 is 0 Å². The van der Waals surface area contributed by atoms with Crippen molar-refractivity contribution in [1.29, 1.82) is 0 Å². The van der Waals surface area contributed by atoms with Crippen LogP contribution in [0.2, 0.25) is 0 Å². The van der Waals surface area contributed by atoms with Gasteiger partial charge in [-0.25, -0.2) is 0 Å². The lowest BCUT2D eigenvalue weighted by molar-refractivity contribution is 0.582. The van der Waals surface area contributed by atoms with Gasteiger partial charge in [0.15, 0.2) is 0 Å². The highest BCUT2D eigenvalue weighted by Crippen LogP contribution is 2.34. The van der Waals surface area contributed by atoms with E-state index in [-0.39, 0.29) is 0 Å². The smallest absolute Gasteiger partial charge is 0.0280 e. The van der Waals surface area contributed by atoms with E-state index in [1.165, 1.54) is 25.7 Å². The largest absolute Gasteiger partial charge is 0.0709 e. The minimum absolute atomic E-state index is 0.858. The molecule has 0 unspecified atom stereocenters. The molecule has 0 aliphatic heterocycles. The van der Waals surface area contributed by atoms with Crippen molar-refractivity contribution in [3.05, 3.63) is 11.1 Å². The highest BCUT2D eigenvalue weighted by atomic mass is 14.2. The lowest BCUT2D eigenvalue weighted by Crippen LogP contribution is -2.05. The quantitative estimate of drug-likeness (QED) is 0.523. The fraction of sp³-hybridized carbons (Fsp3) is 0.800. The Bertz CT molecular complexity index is 140. The van der Waals surface area contributed by atoms with Gasteiger partial charge in [-0.1, -0.05) is 31.9 Å². The Hall–Kier alpha value is -0.260. The normalized spacial score (nSPS) is 18.0. The standard InChI is InChI=1S/C10H18/c1-4-9-5-6-10(9)7-8(2)3/h8H,4-7H2,1-3H3. The lowest BCUT2D eigenvalue weighted by Gasteiger charge is -2.24. The van der Waals surface area contributed by atoms with Crippen LogP contribution < -0.4 is 0 Å². The predicted molar refractivity (Wildman–Crippen MR) is 46.0 cm³/mol. The van der Waals surface area contributed by atoms with E-state index < -0.39 is 0 Å². The monoisotopic (exact) mass is 138 g/mol. The van der Waals surface area contributed by atoms with Gasteiger partial charge in [0.05, 0.1) is 0 Å². The minimum Gasteiger partial charge on any atom is -0.0709 e. The summed E-state index contributed by atoms with van der Waals surface area (Å²) in [4.78, 5) is 0. The SMILES string of the molecule is CCC1=C(CC(C)C)CC1. The third-order valence-electron chi connectivity index (χ3n) is 2.31. The molecule has 0 spiro atoms. The summed E-state index contributed by atoms with van der Waals surface area (Å²) in [7, 11) is 0. The van der Waals surface area contributed by atoms with Crippen LogP contribution in [0.25, 0.3) is 0 Å². The molecule has 0 N–H and O–H groups in total. The van der Waals surface area contributed by atoms with Crippen LogP contribution in [0.1, 0.15) is 46.5 Å². The van der Waals surface area contributed by atoms with Crippen molar-refractivity contribution < 1.29 is 0 Å². The van der Waals surface area contributed by atoms with Crippen molar-refractivity contribution in [3.63, 3.8) is 0 Å². The Kier molecular flexibility index (Phi) is 2.53. The molecule has 0 radical (unpaired) electrons. The van der Waals surface area contributed by atoms with Crippen molar-refractivity contribution in [1.82, 2.24) is 0 Å². The molecule has 0 atom stereocenters. The van der Waals surface area contributed by atoms with Crippen LogP contribution in [0.4, 0.5) is 0 Å². The van der Waals surface area contributed by atoms with E-state index in [0.29, 0.717) is 0 Å². The number of hydrogen-bond donors (Lipinski definition) is 0. The summed E-state index contributed by atoms with van der Waals surface area (Å²) in [6, 6.07) is 0. The van der Waals surface area contributed by atoms with E-state index in [9.17, 15) is 0 Å². The fourth-order valence-electron chi connectivity index (χ4n) is 1.64. The van der Waals surface area contributed by atoms with E-state index in [2.05, 4.69) is 20.8 Å². The van der Waals surface area contributed by atoms with Crippen LogP contribution >= 0.6 is 0 Å². The molecule has 1 aliphatic carbocycles. The van der Waals surface area contributed by atoms with Gasteiger partial charge < -0.3 is 0 Å². The van der Waals surface area contributed by atoms with E-state index in [1.54, 1.807) is 11.1 Å². The summed E-state index contributed by atoms with van der Waals surface area (Å²) in [5, 5.41) is 0. The molecule has 1 rings (SSSR count). The molecule has 0 bridgehead atoms. The van der Waals surface area contributed by atoms with Crippen molar-refractivity contribution in [3.8, 4) is 0 Å². The molecule has 0 saturated heterocycles. The van der Waals surface area contributed by atoms with Gasteiger partial charge in [-0.15, -0.1) is 0 Å². The molecule has 0 aromatic heterocycles. The fourth-order valence-corrected chi connectivity index (χ4v) is 1.64. The van der Waals surface area contributed by atoms with Crippen LogP contribution in [0.15, 0.2) is 11.1 Å². The number of rotatable bonds is 3. The van der Waals surface area contributed by atoms with Gasteiger partial charge in [-0.2, -0.15) is 0 Å². The van der Waals surface area contributed by atoms with Crippen LogP contribution in [-0.2, 0) is 0 Å². The van der Waals surface area contributed by atoms with E-state index >= 15 is 0 Å². The molecule has 58 valence electrons. The Morgan fingerprint density at radius 1 is 1.20 bits per heavy atom. The van der Waals surface area contributed by atoms with Crippen molar-refractivity contribution in [2.75, 3.05) is 0 Å². The molecule has 10 heavy (non-hydrogen) atoms. The summed E-state index contributed by atoms with van der Waals surface area (Å²) in [5.74, 6) is 0.858. The molecule has 1 aliphatic rings. The first-order valence-corrected chi connectivity index (χ1v) is 4.43. The third-order valence-corrected chi connectivity index (χ3v) is 2.31. The Morgan fingerprint density at radius 3 is 2.10 bits per heavy atom. The maximum absolute atomic E-state index is 2.30. The molecule has 0 amide bonds. The minimum atomic E-state index is 0.858. The zero-order valence-electron chi connectivity index (χ0n) is 7.41. The third kappa shape index (κ3) is 1.62. The highest BCUT2D eigenvalue weighted by molar-refractivity contribution is 5.24. The molecule has 0 aromatic carbocycles. The van der Waals surface area contributed by atoms with Crippen LogP contribution in [0, 0.1) is 5.92 Å². The van der Waals surface area contributed by atoms with Crippen LogP contribution in [0.3, 0.4) is 0 Å². The van der Waals surface area contributed by atoms with E-state index in [4.69, 9.17) is 0 Å². The van der Waals surface area contributed by atoms with Crippen LogP contribution in [0.5, 0.6) is 0 Å². The molecule has 0 fully saturated rings. The van der Waals surface area contributed by atoms with Gasteiger partial charge in [0, 0.05) is 0 Å². The van der Waals surface area contributed by atoms with Gasteiger partial charge in [0.2, 0.25) is 0 Å². The second kappa shape index (κ2) is 3.23. The highest BCUT2D eigenvalue weighted by Gasteiger charge is 2.15. The maximum atomic E-state index is 2.30. The molecule has 0 heterocycles. The lowest BCUT2D eigenvalue weighted by atomic mass is 9.82. The molecular formula is C10H18. The topological polar surface area (TPSA) is 0 Å². The van der Waals surface area contributed by atoms with Gasteiger partial charge in [0.25, 0.3) is 0 Å². The van der Waals surface area contributed by atoms with Crippen molar-refractivity contribution in [2.45, 2.75) is 46.5 Å². The van der Waals surface area contributed by atoms with Crippen LogP contribution in [-0.4, -0.2) is 0 Å². The zero-order chi connectivity index (χ0) is 7.56. The molecule has 0 nitrogen and oxygen atoms in total. The summed E-state index contributed by atoms with van der Waals surface area (Å²) < 4.78 is 0. The molecule has 0 saturated carbocycles. The van der Waals surface area contributed by atoms with Gasteiger partial charge in [0.1, 0.15) is 0 Å². The average molecular weight is 138 g/mol. The Balaban J connectivity index is 2.41.